The van der Waals surface area contributed by atoms with Crippen LogP contribution in [0.3, 0.4) is 0 Å². The molecule has 2 atom stereocenters. The van der Waals surface area contributed by atoms with Crippen LogP contribution in [-0.4, -0.2) is 29.9 Å². The molecule has 26 heavy (non-hydrogen) atoms. The van der Waals surface area contributed by atoms with Gasteiger partial charge >= 0.3 is 6.03 Å². The van der Waals surface area contributed by atoms with Gasteiger partial charge in [0.25, 0.3) is 5.91 Å². The van der Waals surface area contributed by atoms with Crippen molar-refractivity contribution in [3.63, 3.8) is 0 Å². The number of likely N-dealkylation sites (N-methyl/N-ethyl adjacent to an activating group) is 1. The first-order valence-electron chi connectivity index (χ1n) is 8.26. The molecule has 1 aromatic heterocycles. The number of urea groups is 1. The van der Waals surface area contributed by atoms with Crippen molar-refractivity contribution >= 4 is 34.0 Å². The average molecular weight is 444 g/mol. The van der Waals surface area contributed by atoms with Gasteiger partial charge in [0.2, 0.25) is 0 Å². The number of benzene rings is 1. The van der Waals surface area contributed by atoms with Crippen molar-refractivity contribution in [3.8, 4) is 0 Å². The van der Waals surface area contributed by atoms with Crippen molar-refractivity contribution in [2.24, 2.45) is 5.73 Å². The standard InChI is InChI=1S/C18H19N4O2S.Y/c1-22-11-7-8-12(22)14-13(9-11)25-17(15(14)16(19)23)21-18(24)20-10-5-3-2-4-6-10;/h3-6,11-12H,7-9H2,1H3,(H2,19,23)(H2,20,21,24);/q-1;. The van der Waals surface area contributed by atoms with Gasteiger partial charge in [0.1, 0.15) is 5.00 Å². The summed E-state index contributed by atoms with van der Waals surface area (Å²) in [6.45, 7) is 0. The predicted octanol–water partition coefficient (Wildman–Crippen LogP) is 2.98. The first-order valence-corrected chi connectivity index (χ1v) is 9.07. The summed E-state index contributed by atoms with van der Waals surface area (Å²) in [7, 11) is 2.10. The van der Waals surface area contributed by atoms with E-state index in [9.17, 15) is 9.59 Å². The molecule has 133 valence electrons. The molecule has 1 saturated heterocycles. The van der Waals surface area contributed by atoms with Crippen molar-refractivity contribution in [1.29, 1.82) is 0 Å². The summed E-state index contributed by atoms with van der Waals surface area (Å²) in [4.78, 5) is 27.9. The van der Waals surface area contributed by atoms with Crippen molar-refractivity contribution in [2.45, 2.75) is 31.3 Å². The van der Waals surface area contributed by atoms with Gasteiger partial charge in [-0.2, -0.15) is 18.2 Å². The summed E-state index contributed by atoms with van der Waals surface area (Å²) in [5, 5.41) is 6.10. The summed E-state index contributed by atoms with van der Waals surface area (Å²) in [6, 6.07) is 10.2. The number of nitrogens with one attached hydrogen (secondary N) is 2. The molecule has 2 unspecified atom stereocenters. The fraction of sp³-hybridized carbons (Fsp3) is 0.333. The first kappa shape index (κ1) is 19.5. The summed E-state index contributed by atoms with van der Waals surface area (Å²) in [5.41, 5.74) is 7.80. The Morgan fingerprint density at radius 1 is 1.27 bits per heavy atom. The van der Waals surface area contributed by atoms with E-state index in [0.717, 1.165) is 24.8 Å². The minimum absolute atomic E-state index is 0. The van der Waals surface area contributed by atoms with Crippen LogP contribution in [0.1, 0.15) is 39.7 Å². The van der Waals surface area contributed by atoms with E-state index in [1.54, 1.807) is 24.3 Å². The minimum atomic E-state index is -0.485. The van der Waals surface area contributed by atoms with E-state index in [2.05, 4.69) is 28.6 Å². The zero-order valence-corrected chi connectivity index (χ0v) is 18.1. The van der Waals surface area contributed by atoms with Gasteiger partial charge in [-0.15, -0.1) is 23.5 Å². The third kappa shape index (κ3) is 3.45. The van der Waals surface area contributed by atoms with Crippen molar-refractivity contribution in [3.05, 3.63) is 46.3 Å². The number of anilines is 2. The van der Waals surface area contributed by atoms with Crippen molar-refractivity contribution in [2.75, 3.05) is 17.7 Å². The predicted molar refractivity (Wildman–Crippen MR) is 98.0 cm³/mol. The summed E-state index contributed by atoms with van der Waals surface area (Å²) in [6.07, 6.45) is 3.07. The smallest absolute Gasteiger partial charge is 0.322 e. The Morgan fingerprint density at radius 2 is 2.00 bits per heavy atom. The molecule has 1 radical (unpaired) electrons. The van der Waals surface area contributed by atoms with E-state index in [0.29, 0.717) is 22.3 Å². The number of thiophene rings is 1. The molecule has 6 nitrogen and oxygen atoms in total. The van der Waals surface area contributed by atoms with E-state index in [-0.39, 0.29) is 44.8 Å². The molecule has 4 rings (SSSR count). The number of carbonyl (C=O) groups is 2. The number of primary amides is 1. The van der Waals surface area contributed by atoms with E-state index >= 15 is 0 Å². The largest absolute Gasteiger partial charge is 0.365 e. The number of amides is 3. The average Bonchev–Trinajstić information content (AvgIpc) is 3.04. The van der Waals surface area contributed by atoms with Crippen LogP contribution in [0.15, 0.2) is 24.3 Å². The maximum Gasteiger partial charge on any atom is 0.322 e. The second kappa shape index (κ2) is 7.76. The number of hydrogen-bond donors (Lipinski definition) is 3. The molecule has 3 heterocycles. The normalized spacial score (nSPS) is 20.8. The van der Waals surface area contributed by atoms with Crippen LogP contribution in [0.5, 0.6) is 0 Å². The maximum absolute atomic E-state index is 12.3. The van der Waals surface area contributed by atoms with Gasteiger partial charge in [-0.3, -0.25) is 15.0 Å². The van der Waals surface area contributed by atoms with E-state index in [1.165, 1.54) is 16.2 Å². The molecule has 0 saturated carbocycles. The van der Waals surface area contributed by atoms with Gasteiger partial charge in [0.15, 0.2) is 0 Å². The Morgan fingerprint density at radius 3 is 2.69 bits per heavy atom. The van der Waals surface area contributed by atoms with Crippen LogP contribution in [-0.2, 0) is 39.1 Å². The molecule has 0 spiro atoms. The van der Waals surface area contributed by atoms with Crippen LogP contribution < -0.4 is 16.4 Å². The molecule has 3 amide bonds. The molecule has 1 fully saturated rings. The van der Waals surface area contributed by atoms with Crippen LogP contribution >= 0.6 is 11.3 Å². The Hall–Kier alpha value is -1.28. The van der Waals surface area contributed by atoms with Crippen molar-refractivity contribution < 1.29 is 42.3 Å². The maximum atomic E-state index is 12.3. The second-order valence-electron chi connectivity index (χ2n) is 6.49. The quantitative estimate of drug-likeness (QED) is 0.637. The van der Waals surface area contributed by atoms with Crippen LogP contribution in [0, 0.1) is 6.07 Å². The molecule has 1 aromatic carbocycles. The third-order valence-corrected chi connectivity index (χ3v) is 6.21. The van der Waals surface area contributed by atoms with Gasteiger partial charge in [0, 0.05) is 49.7 Å². The van der Waals surface area contributed by atoms with Gasteiger partial charge in [-0.05, 0) is 31.9 Å². The number of carbonyl (C=O) groups excluding carboxylic acids is 2. The number of nitrogens with two attached hydrogens (primary N) is 1. The summed E-state index contributed by atoms with van der Waals surface area (Å²) < 4.78 is 0. The molecule has 2 aliphatic heterocycles. The van der Waals surface area contributed by atoms with E-state index in [4.69, 9.17) is 5.73 Å². The molecule has 0 aliphatic carbocycles. The Balaban J connectivity index is 0.00000196. The van der Waals surface area contributed by atoms with Gasteiger partial charge in [-0.25, -0.2) is 4.79 Å². The third-order valence-electron chi connectivity index (χ3n) is 5.07. The van der Waals surface area contributed by atoms with Crippen molar-refractivity contribution in [1.82, 2.24) is 4.90 Å². The fourth-order valence-electron chi connectivity index (χ4n) is 3.88. The van der Waals surface area contributed by atoms with Gasteiger partial charge < -0.3 is 11.1 Å². The number of rotatable bonds is 3. The number of fused-ring (bicyclic) bond motifs is 4. The first-order chi connectivity index (χ1) is 12.0. The molecule has 2 bridgehead atoms. The topological polar surface area (TPSA) is 87.5 Å². The number of nitrogens with zero attached hydrogens (tertiary/aromatic N) is 1. The molecular formula is C18H19N4O2SY-. The van der Waals surface area contributed by atoms with Gasteiger partial charge in [0.05, 0.1) is 5.56 Å². The Labute approximate surface area is 181 Å². The van der Waals surface area contributed by atoms with Crippen LogP contribution in [0.2, 0.25) is 0 Å². The Kier molecular flexibility index (Phi) is 5.82. The second-order valence-corrected chi connectivity index (χ2v) is 7.60. The SMILES string of the molecule is CN1C2CCC1c1c(sc(NC(=O)Nc3cc[c-]cc3)c1C(N)=O)C2.[Y]. The molecule has 2 aliphatic rings. The zero-order chi connectivity index (χ0) is 17.6. The van der Waals surface area contributed by atoms with Gasteiger partial charge in [-0.1, -0.05) is 5.69 Å². The summed E-state index contributed by atoms with van der Waals surface area (Å²) >= 11 is 1.47. The zero-order valence-electron chi connectivity index (χ0n) is 14.4. The summed E-state index contributed by atoms with van der Waals surface area (Å²) in [5.74, 6) is -0.485. The van der Waals surface area contributed by atoms with E-state index < -0.39 is 5.91 Å². The molecule has 2 aromatic rings. The fourth-order valence-corrected chi connectivity index (χ4v) is 5.21. The molecular weight excluding hydrogens is 425 g/mol. The van der Waals surface area contributed by atoms with Crippen LogP contribution in [0.4, 0.5) is 15.5 Å². The Bertz CT molecular complexity index is 839. The molecule has 8 heteroatoms. The number of hydrogen-bond acceptors (Lipinski definition) is 4. The van der Waals surface area contributed by atoms with Crippen LogP contribution in [0.25, 0.3) is 0 Å². The molecule has 4 N–H and O–H groups in total. The van der Waals surface area contributed by atoms with E-state index in [1.807, 2.05) is 0 Å². The minimum Gasteiger partial charge on any atom is -0.365 e. The monoisotopic (exact) mass is 444 g/mol.